The molecule has 126 valence electrons. The van der Waals surface area contributed by atoms with Crippen molar-refractivity contribution in [2.24, 2.45) is 0 Å². The molecule has 0 bridgehead atoms. The van der Waals surface area contributed by atoms with Crippen LogP contribution in [-0.2, 0) is 4.79 Å². The Hall–Kier alpha value is -2.24. The molecule has 0 unspecified atom stereocenters. The van der Waals surface area contributed by atoms with E-state index in [9.17, 15) is 9.59 Å². The van der Waals surface area contributed by atoms with Crippen LogP contribution in [0.25, 0.3) is 0 Å². The maximum atomic E-state index is 12.3. The lowest BCUT2D eigenvalue weighted by Crippen LogP contribution is -2.46. The Kier molecular flexibility index (Phi) is 5.47. The summed E-state index contributed by atoms with van der Waals surface area (Å²) in [6.45, 7) is 5.65. The average Bonchev–Trinajstić information content (AvgIpc) is 2.99. The number of nitrogens with zero attached hydrogens (tertiary/aromatic N) is 1. The maximum absolute atomic E-state index is 12.3. The minimum atomic E-state index is -0.861. The number of urea groups is 1. The lowest BCUT2D eigenvalue weighted by atomic mass is 9.99. The van der Waals surface area contributed by atoms with E-state index < -0.39 is 11.5 Å². The summed E-state index contributed by atoms with van der Waals surface area (Å²) in [5, 5.41) is 14.5. The molecule has 23 heavy (non-hydrogen) atoms. The van der Waals surface area contributed by atoms with Crippen LogP contribution in [0.3, 0.4) is 0 Å². The summed E-state index contributed by atoms with van der Waals surface area (Å²) in [6, 6.07) is 7.44. The first kappa shape index (κ1) is 17.1. The molecule has 6 heteroatoms. The van der Waals surface area contributed by atoms with Gasteiger partial charge in [-0.05, 0) is 45.2 Å². The molecule has 1 heterocycles. The fraction of sp³-hybridized carbons (Fsp3) is 0.529. The topological polar surface area (TPSA) is 81.7 Å². The van der Waals surface area contributed by atoms with Crippen molar-refractivity contribution in [2.75, 3.05) is 23.3 Å². The third-order valence-electron chi connectivity index (χ3n) is 4.01. The third-order valence-corrected chi connectivity index (χ3v) is 4.01. The van der Waals surface area contributed by atoms with E-state index in [4.69, 9.17) is 5.11 Å². The van der Waals surface area contributed by atoms with Crippen molar-refractivity contribution < 1.29 is 14.7 Å². The molecule has 0 aliphatic carbocycles. The Bertz CT molecular complexity index is 566. The van der Waals surface area contributed by atoms with E-state index in [1.807, 2.05) is 38.1 Å². The fourth-order valence-electron chi connectivity index (χ4n) is 2.76. The summed E-state index contributed by atoms with van der Waals surface area (Å²) >= 11 is 0. The summed E-state index contributed by atoms with van der Waals surface area (Å²) in [5.41, 5.74) is 1.23. The van der Waals surface area contributed by atoms with E-state index in [1.54, 1.807) is 0 Å². The molecule has 2 rings (SSSR count). The van der Waals surface area contributed by atoms with Crippen LogP contribution >= 0.6 is 0 Å². The van der Waals surface area contributed by atoms with E-state index in [2.05, 4.69) is 15.5 Å². The predicted molar refractivity (Wildman–Crippen MR) is 91.0 cm³/mol. The number of anilines is 2. The van der Waals surface area contributed by atoms with Gasteiger partial charge in [0, 0.05) is 25.0 Å². The van der Waals surface area contributed by atoms with Gasteiger partial charge in [-0.15, -0.1) is 0 Å². The maximum Gasteiger partial charge on any atom is 0.319 e. The number of amides is 2. The molecular formula is C17H25N3O3. The minimum absolute atomic E-state index is 0.0254. The molecule has 6 nitrogen and oxygen atoms in total. The number of benzene rings is 1. The largest absolute Gasteiger partial charge is 0.481 e. The molecule has 3 N–H and O–H groups in total. The molecule has 1 fully saturated rings. The van der Waals surface area contributed by atoms with Crippen molar-refractivity contribution in [3.8, 4) is 0 Å². The van der Waals surface area contributed by atoms with Crippen molar-refractivity contribution in [1.29, 1.82) is 0 Å². The van der Waals surface area contributed by atoms with E-state index in [0.717, 1.165) is 24.5 Å². The number of rotatable bonds is 6. The molecule has 0 atom stereocenters. The second kappa shape index (κ2) is 7.35. The van der Waals surface area contributed by atoms with Gasteiger partial charge < -0.3 is 20.6 Å². The van der Waals surface area contributed by atoms with Crippen molar-refractivity contribution in [2.45, 2.75) is 45.1 Å². The van der Waals surface area contributed by atoms with Gasteiger partial charge in [-0.2, -0.15) is 0 Å². The SMILES string of the molecule is CC(C)(CCC(=O)O)NC(=O)Nc1ccccc1N1CCCC1. The molecular weight excluding hydrogens is 294 g/mol. The molecule has 1 aliphatic rings. The van der Waals surface area contributed by atoms with Crippen LogP contribution in [0, 0.1) is 0 Å². The first-order chi connectivity index (χ1) is 10.9. The number of aliphatic carboxylic acids is 1. The molecule has 0 saturated carbocycles. The van der Waals surface area contributed by atoms with Gasteiger partial charge >= 0.3 is 12.0 Å². The second-order valence-corrected chi connectivity index (χ2v) is 6.57. The summed E-state index contributed by atoms with van der Waals surface area (Å²) in [6.07, 6.45) is 2.74. The lowest BCUT2D eigenvalue weighted by Gasteiger charge is -2.27. The van der Waals surface area contributed by atoms with Crippen LogP contribution in [0.2, 0.25) is 0 Å². The normalized spacial score (nSPS) is 14.6. The molecule has 1 aromatic carbocycles. The zero-order valence-corrected chi connectivity index (χ0v) is 13.8. The monoisotopic (exact) mass is 319 g/mol. The molecule has 1 saturated heterocycles. The number of carbonyl (C=O) groups excluding carboxylic acids is 1. The summed E-state index contributed by atoms with van der Waals surface area (Å²) in [4.78, 5) is 25.2. The highest BCUT2D eigenvalue weighted by Gasteiger charge is 2.22. The van der Waals surface area contributed by atoms with Crippen molar-refractivity contribution in [1.82, 2.24) is 5.32 Å². The first-order valence-corrected chi connectivity index (χ1v) is 8.02. The number of carbonyl (C=O) groups is 2. The zero-order valence-electron chi connectivity index (χ0n) is 13.8. The Balaban J connectivity index is 1.98. The highest BCUT2D eigenvalue weighted by molar-refractivity contribution is 5.93. The Morgan fingerprint density at radius 2 is 1.87 bits per heavy atom. The lowest BCUT2D eigenvalue weighted by molar-refractivity contribution is -0.137. The van der Waals surface area contributed by atoms with Crippen LogP contribution < -0.4 is 15.5 Å². The van der Waals surface area contributed by atoms with Gasteiger partial charge in [0.25, 0.3) is 0 Å². The van der Waals surface area contributed by atoms with Gasteiger partial charge in [0.05, 0.1) is 11.4 Å². The van der Waals surface area contributed by atoms with Gasteiger partial charge in [-0.1, -0.05) is 12.1 Å². The van der Waals surface area contributed by atoms with Gasteiger partial charge in [0.1, 0.15) is 0 Å². The number of carboxylic acid groups (broad SMARTS) is 1. The highest BCUT2D eigenvalue weighted by atomic mass is 16.4. The van der Waals surface area contributed by atoms with Gasteiger partial charge in [-0.3, -0.25) is 4.79 Å². The van der Waals surface area contributed by atoms with Crippen LogP contribution in [0.1, 0.15) is 39.5 Å². The summed E-state index contributed by atoms with van der Waals surface area (Å²) < 4.78 is 0. The predicted octanol–water partition coefficient (Wildman–Crippen LogP) is 3.05. The number of hydrogen-bond acceptors (Lipinski definition) is 3. The molecule has 0 radical (unpaired) electrons. The number of para-hydroxylation sites is 2. The Morgan fingerprint density at radius 1 is 1.22 bits per heavy atom. The first-order valence-electron chi connectivity index (χ1n) is 8.02. The van der Waals surface area contributed by atoms with Crippen LogP contribution in [0.4, 0.5) is 16.2 Å². The standard InChI is InChI=1S/C17H25N3O3/c1-17(2,10-9-15(21)22)19-16(23)18-13-7-3-4-8-14(13)20-11-5-6-12-20/h3-4,7-8H,5-6,9-12H2,1-2H3,(H,21,22)(H2,18,19,23). The van der Waals surface area contributed by atoms with Gasteiger partial charge in [-0.25, -0.2) is 4.79 Å². The number of nitrogens with one attached hydrogen (secondary N) is 2. The van der Waals surface area contributed by atoms with Gasteiger partial charge in [0.15, 0.2) is 0 Å². The summed E-state index contributed by atoms with van der Waals surface area (Å²) in [7, 11) is 0. The molecule has 0 aromatic heterocycles. The third kappa shape index (κ3) is 5.16. The molecule has 1 aliphatic heterocycles. The zero-order chi connectivity index (χ0) is 16.9. The summed E-state index contributed by atoms with van der Waals surface area (Å²) in [5.74, 6) is -0.861. The quantitative estimate of drug-likeness (QED) is 0.752. The van der Waals surface area contributed by atoms with Crippen molar-refractivity contribution in [3.63, 3.8) is 0 Å². The van der Waals surface area contributed by atoms with Crippen LogP contribution in [-0.4, -0.2) is 35.7 Å². The smallest absolute Gasteiger partial charge is 0.319 e. The van der Waals surface area contributed by atoms with Gasteiger partial charge in [0.2, 0.25) is 0 Å². The Morgan fingerprint density at radius 3 is 2.52 bits per heavy atom. The fourth-order valence-corrected chi connectivity index (χ4v) is 2.76. The van der Waals surface area contributed by atoms with Crippen LogP contribution in [0.15, 0.2) is 24.3 Å². The van der Waals surface area contributed by atoms with E-state index in [0.29, 0.717) is 6.42 Å². The number of carboxylic acids is 1. The Labute approximate surface area is 136 Å². The van der Waals surface area contributed by atoms with Crippen LogP contribution in [0.5, 0.6) is 0 Å². The van der Waals surface area contributed by atoms with E-state index >= 15 is 0 Å². The van der Waals surface area contributed by atoms with Crippen molar-refractivity contribution in [3.05, 3.63) is 24.3 Å². The highest BCUT2D eigenvalue weighted by Crippen LogP contribution is 2.28. The molecule has 2 amide bonds. The molecule has 1 aromatic rings. The molecule has 0 spiro atoms. The van der Waals surface area contributed by atoms with E-state index in [-0.39, 0.29) is 12.5 Å². The van der Waals surface area contributed by atoms with Crippen molar-refractivity contribution >= 4 is 23.4 Å². The average molecular weight is 319 g/mol. The van der Waals surface area contributed by atoms with E-state index in [1.165, 1.54) is 12.8 Å². The number of hydrogen-bond donors (Lipinski definition) is 3. The second-order valence-electron chi connectivity index (χ2n) is 6.57. The minimum Gasteiger partial charge on any atom is -0.481 e.